The number of nitrogens with zero attached hydrogens (tertiary/aromatic N) is 1. The van der Waals surface area contributed by atoms with Crippen molar-refractivity contribution in [2.45, 2.75) is 6.54 Å². The predicted octanol–water partition coefficient (Wildman–Crippen LogP) is 8.69. The number of thiazole rings is 1. The molecule has 0 amide bonds. The van der Waals surface area contributed by atoms with Gasteiger partial charge in [-0.1, -0.05) is 39.4 Å². The van der Waals surface area contributed by atoms with E-state index in [9.17, 15) is 52.7 Å². The van der Waals surface area contributed by atoms with Gasteiger partial charge in [-0.2, -0.15) is 4.57 Å². The number of halogens is 21. The molecule has 0 bridgehead atoms. The van der Waals surface area contributed by atoms with Gasteiger partial charge in [-0.25, -0.2) is 87.8 Å². The second-order valence-corrected chi connectivity index (χ2v) is 13.3. The summed E-state index contributed by atoms with van der Waals surface area (Å²) < 4.78 is 297. The van der Waals surface area contributed by atoms with Crippen molar-refractivity contribution in [1.82, 2.24) is 0 Å². The van der Waals surface area contributed by atoms with Crippen LogP contribution in [-0.2, 0) is 6.54 Å². The Morgan fingerprint density at radius 2 is 0.621 bits per heavy atom. The normalized spacial score (nSPS) is 11.6. The fraction of sp³-hybridized carbons (Fsp3) is 0.0294. The third kappa shape index (κ3) is 6.85. The molecule has 0 aliphatic carbocycles. The lowest BCUT2D eigenvalue weighted by Gasteiger charge is -2.44. The van der Waals surface area contributed by atoms with Crippen molar-refractivity contribution >= 4 is 55.3 Å². The summed E-state index contributed by atoms with van der Waals surface area (Å²) in [5, 5.41) is 2.08. The lowest BCUT2D eigenvalue weighted by molar-refractivity contribution is -0.683. The summed E-state index contributed by atoms with van der Waals surface area (Å²) in [5.74, 6) is -71.4. The van der Waals surface area contributed by atoms with Crippen molar-refractivity contribution in [3.05, 3.63) is 168 Å². The van der Waals surface area contributed by atoms with Gasteiger partial charge in [0, 0.05) is 10.0 Å². The minimum Gasteiger partial charge on any atom is -0.207 e. The van der Waals surface area contributed by atoms with Crippen LogP contribution in [-0.4, -0.2) is 6.15 Å². The quantitative estimate of drug-likeness (QED) is 0.0518. The average Bonchev–Trinajstić information content (AvgIpc) is 3.72. The minimum absolute atomic E-state index is 0.955. The highest BCUT2D eigenvalue weighted by molar-refractivity contribution is 9.10. The Balaban J connectivity index is 0.000000414. The molecule has 0 N–H and O–H groups in total. The van der Waals surface area contributed by atoms with Gasteiger partial charge in [-0.3, -0.25) is 0 Å². The zero-order chi connectivity index (χ0) is 43.5. The van der Waals surface area contributed by atoms with Crippen LogP contribution in [0, 0.1) is 116 Å². The lowest BCUT2D eigenvalue weighted by Crippen LogP contribution is -2.81. The number of benzene rings is 5. The van der Waals surface area contributed by atoms with Crippen LogP contribution in [0.2, 0.25) is 0 Å². The fourth-order valence-electron chi connectivity index (χ4n) is 6.03. The highest BCUT2D eigenvalue weighted by atomic mass is 79.9. The molecule has 0 saturated heterocycles. The highest BCUT2D eigenvalue weighted by Gasteiger charge is 2.52. The van der Waals surface area contributed by atoms with Gasteiger partial charge in [0.05, 0.1) is 5.38 Å². The Bertz CT molecular complexity index is 2220. The van der Waals surface area contributed by atoms with Gasteiger partial charge in [-0.05, 0) is 12.1 Å². The molecule has 58 heavy (non-hydrogen) atoms. The molecule has 1 aromatic heterocycles. The number of hydrogen-bond acceptors (Lipinski definition) is 1. The maximum Gasteiger partial charge on any atom is 0.224 e. The molecular weight excluding hydrogens is 925 g/mol. The van der Waals surface area contributed by atoms with E-state index in [1.165, 1.54) is 5.56 Å². The van der Waals surface area contributed by atoms with Crippen LogP contribution in [0.15, 0.2) is 45.8 Å². The van der Waals surface area contributed by atoms with Gasteiger partial charge in [-0.15, -0.1) is 21.9 Å². The fourth-order valence-corrected chi connectivity index (χ4v) is 6.89. The summed E-state index contributed by atoms with van der Waals surface area (Å²) in [6.45, 7) is 0.955. The topological polar surface area (TPSA) is 3.88 Å². The molecule has 6 rings (SSSR count). The molecule has 0 fully saturated rings. The van der Waals surface area contributed by atoms with E-state index >= 15 is 35.1 Å². The van der Waals surface area contributed by atoms with Crippen LogP contribution in [0.3, 0.4) is 0 Å². The zero-order valence-electron chi connectivity index (χ0n) is 27.1. The van der Waals surface area contributed by atoms with Crippen molar-refractivity contribution in [2.75, 3.05) is 0 Å². The van der Waals surface area contributed by atoms with Crippen LogP contribution in [0.4, 0.5) is 87.8 Å². The summed E-state index contributed by atoms with van der Waals surface area (Å²) in [6, 6.07) is 8.41. The van der Waals surface area contributed by atoms with Gasteiger partial charge < -0.3 is 0 Å². The Hall–Kier alpha value is -5.13. The number of rotatable bonds is 6. The van der Waals surface area contributed by atoms with Crippen LogP contribution in [0.5, 0.6) is 0 Å². The molecule has 0 spiro atoms. The maximum absolute atomic E-state index is 15.4. The summed E-state index contributed by atoms with van der Waals surface area (Å²) in [7, 11) is 0. The third-order valence-electron chi connectivity index (χ3n) is 8.51. The van der Waals surface area contributed by atoms with Crippen molar-refractivity contribution in [2.24, 2.45) is 0 Å². The molecule has 0 radical (unpaired) electrons. The molecule has 0 aliphatic heterocycles. The first-order chi connectivity index (χ1) is 27.0. The van der Waals surface area contributed by atoms with Gasteiger partial charge in [0.15, 0.2) is 82.5 Å². The molecule has 6 aromatic rings. The Kier molecular flexibility index (Phi) is 12.3. The van der Waals surface area contributed by atoms with E-state index in [-0.39, 0.29) is 0 Å². The summed E-state index contributed by atoms with van der Waals surface area (Å²) in [6.07, 6.45) is -5.13. The molecule has 0 atom stereocenters. The first-order valence-corrected chi connectivity index (χ1v) is 16.7. The summed E-state index contributed by atoms with van der Waals surface area (Å²) in [5.41, 5.74) is -10.9. The lowest BCUT2D eigenvalue weighted by atomic mass is 9.12. The standard InChI is InChI=1S/C24BF20.C10H9BrNS/c26-5-1(6(27)14(35)21(42)13(5)34)25(2-7(28)15(36)22(43)16(37)8(2)29,3-9(30)17(38)23(44)18(39)10(3)31)4-11(32)19(40)24(45)20(41)12(4)33;11-10-3-1-9(2-4-10)7-12-5-6-13-8-12/h;1-6,8H,7H2/q-1;+1. The predicted molar refractivity (Wildman–Crippen MR) is 167 cm³/mol. The molecule has 5 aromatic carbocycles. The van der Waals surface area contributed by atoms with Gasteiger partial charge in [0.2, 0.25) is 5.51 Å². The van der Waals surface area contributed by atoms with Crippen LogP contribution >= 0.6 is 27.3 Å². The number of aromatic nitrogens is 1. The molecule has 1 nitrogen and oxygen atoms in total. The zero-order valence-corrected chi connectivity index (χ0v) is 29.5. The summed E-state index contributed by atoms with van der Waals surface area (Å²) in [4.78, 5) is 0. The summed E-state index contributed by atoms with van der Waals surface area (Å²) >= 11 is 5.13. The molecule has 0 unspecified atom stereocenters. The van der Waals surface area contributed by atoms with E-state index in [4.69, 9.17) is 0 Å². The minimum atomic E-state index is -7.22. The van der Waals surface area contributed by atoms with E-state index in [1.54, 1.807) is 11.3 Å². The van der Waals surface area contributed by atoms with E-state index in [2.05, 4.69) is 61.8 Å². The van der Waals surface area contributed by atoms with Gasteiger partial charge in [0.25, 0.3) is 0 Å². The maximum atomic E-state index is 15.4. The Labute approximate surface area is 321 Å². The Morgan fingerprint density at radius 3 is 0.845 bits per heavy atom. The highest BCUT2D eigenvalue weighted by Crippen LogP contribution is 2.30. The first kappa shape index (κ1) is 44.0. The average molecular weight is 934 g/mol. The van der Waals surface area contributed by atoms with Crippen LogP contribution in [0.1, 0.15) is 5.56 Å². The van der Waals surface area contributed by atoms with Crippen molar-refractivity contribution in [1.29, 1.82) is 0 Å². The molecule has 24 heteroatoms. The van der Waals surface area contributed by atoms with Crippen molar-refractivity contribution in [3.8, 4) is 0 Å². The van der Waals surface area contributed by atoms with E-state index in [1.807, 2.05) is 0 Å². The second kappa shape index (κ2) is 16.3. The molecule has 0 aliphatic rings. The monoisotopic (exact) mass is 933 g/mol. The number of hydrogen-bond donors (Lipinski definition) is 0. The van der Waals surface area contributed by atoms with Crippen molar-refractivity contribution in [3.63, 3.8) is 0 Å². The molecule has 306 valence electrons. The third-order valence-corrected chi connectivity index (χ3v) is 9.71. The smallest absolute Gasteiger partial charge is 0.207 e. The largest absolute Gasteiger partial charge is 0.224 e. The van der Waals surface area contributed by atoms with Gasteiger partial charge in [0.1, 0.15) is 52.7 Å². The molecule has 1 heterocycles. The first-order valence-electron chi connectivity index (χ1n) is 14.9. The van der Waals surface area contributed by atoms with Crippen molar-refractivity contribution < 1.29 is 92.4 Å². The SMILES string of the molecule is Brc1ccc(C[n+]2ccsc2)cc1.Fc1c(F)c(F)c([B-](c2c(F)c(F)c(F)c(F)c2F)(c2c(F)c(F)c(F)c(F)c2F)c2c(F)c(F)c(F)c(F)c2F)c(F)c1F. The van der Waals surface area contributed by atoms with Gasteiger partial charge >= 0.3 is 0 Å². The second-order valence-electron chi connectivity index (χ2n) is 11.6. The van der Waals surface area contributed by atoms with E-state index in [0.29, 0.717) is 0 Å². The molecule has 0 saturated carbocycles. The van der Waals surface area contributed by atoms with E-state index < -0.39 is 144 Å². The van der Waals surface area contributed by atoms with Crippen LogP contribution in [0.25, 0.3) is 0 Å². The Morgan fingerprint density at radius 1 is 0.379 bits per heavy atom. The van der Waals surface area contributed by atoms with E-state index in [0.717, 1.165) is 11.0 Å². The molecular formula is C34H9BBrF20NS. The van der Waals surface area contributed by atoms with Crippen LogP contribution < -0.4 is 26.4 Å².